The van der Waals surface area contributed by atoms with Gasteiger partial charge in [0.15, 0.2) is 0 Å². The van der Waals surface area contributed by atoms with Gasteiger partial charge in [-0.05, 0) is 43.5 Å². The zero-order valence-corrected chi connectivity index (χ0v) is 12.5. The van der Waals surface area contributed by atoms with Crippen LogP contribution in [0.25, 0.3) is 6.08 Å². The molecule has 0 spiro atoms. The Morgan fingerprint density at radius 2 is 2.20 bits per heavy atom. The second kappa shape index (κ2) is 8.25. The van der Waals surface area contributed by atoms with Gasteiger partial charge in [0.05, 0.1) is 12.3 Å². The standard InChI is InChI=1S/C16H24N2O2/c1-4-10-20-15-8-6-13(11-14(15)17)7-9-16(19)18-12(3)5-2/h6-9,11-12H,4-5,10,17H2,1-3H3,(H,18,19)/b9-7-. The second-order valence-corrected chi connectivity index (χ2v) is 4.80. The van der Waals surface area contributed by atoms with Crippen LogP contribution >= 0.6 is 0 Å². The SMILES string of the molecule is CCCOc1ccc(/C=C\C(=O)NC(C)CC)cc1N. The molecule has 0 fully saturated rings. The van der Waals surface area contributed by atoms with Gasteiger partial charge in [-0.1, -0.05) is 19.9 Å². The minimum atomic E-state index is -0.0933. The number of benzene rings is 1. The number of nitrogens with two attached hydrogens (primary N) is 1. The number of amides is 1. The Kier molecular flexibility index (Phi) is 6.64. The van der Waals surface area contributed by atoms with Crippen molar-refractivity contribution in [1.29, 1.82) is 0 Å². The monoisotopic (exact) mass is 276 g/mol. The summed E-state index contributed by atoms with van der Waals surface area (Å²) >= 11 is 0. The van der Waals surface area contributed by atoms with Crippen LogP contribution in [-0.2, 0) is 4.79 Å². The number of anilines is 1. The van der Waals surface area contributed by atoms with Crippen LogP contribution in [-0.4, -0.2) is 18.6 Å². The molecule has 0 aromatic heterocycles. The molecule has 0 bridgehead atoms. The van der Waals surface area contributed by atoms with E-state index in [1.165, 1.54) is 6.08 Å². The molecule has 0 radical (unpaired) electrons. The number of hydrogen-bond acceptors (Lipinski definition) is 3. The van der Waals surface area contributed by atoms with Crippen LogP contribution in [0.3, 0.4) is 0 Å². The van der Waals surface area contributed by atoms with Crippen molar-refractivity contribution >= 4 is 17.7 Å². The van der Waals surface area contributed by atoms with Gasteiger partial charge in [-0.2, -0.15) is 0 Å². The van der Waals surface area contributed by atoms with Crippen molar-refractivity contribution in [3.63, 3.8) is 0 Å². The van der Waals surface area contributed by atoms with Crippen LogP contribution in [0.4, 0.5) is 5.69 Å². The maximum atomic E-state index is 11.6. The summed E-state index contributed by atoms with van der Waals surface area (Å²) in [6.45, 7) is 6.70. The molecule has 0 aliphatic carbocycles. The fourth-order valence-electron chi connectivity index (χ4n) is 1.58. The van der Waals surface area contributed by atoms with Crippen LogP contribution in [0, 0.1) is 0 Å². The van der Waals surface area contributed by atoms with Crippen molar-refractivity contribution in [3.8, 4) is 5.75 Å². The molecule has 4 nitrogen and oxygen atoms in total. The minimum absolute atomic E-state index is 0.0933. The summed E-state index contributed by atoms with van der Waals surface area (Å²) in [7, 11) is 0. The van der Waals surface area contributed by atoms with Gasteiger partial charge >= 0.3 is 0 Å². The Bertz CT molecular complexity index is 470. The Morgan fingerprint density at radius 3 is 2.80 bits per heavy atom. The number of ether oxygens (including phenoxy) is 1. The maximum Gasteiger partial charge on any atom is 0.244 e. The van der Waals surface area contributed by atoms with Crippen LogP contribution < -0.4 is 15.8 Å². The van der Waals surface area contributed by atoms with E-state index in [1.807, 2.05) is 32.9 Å². The number of hydrogen-bond donors (Lipinski definition) is 2. The Hall–Kier alpha value is -1.97. The predicted molar refractivity (Wildman–Crippen MR) is 83.6 cm³/mol. The lowest BCUT2D eigenvalue weighted by Gasteiger charge is -2.09. The van der Waals surface area contributed by atoms with Crippen molar-refractivity contribution in [2.24, 2.45) is 0 Å². The molecule has 1 aromatic rings. The van der Waals surface area contributed by atoms with E-state index in [9.17, 15) is 4.79 Å². The quantitative estimate of drug-likeness (QED) is 0.594. The van der Waals surface area contributed by atoms with Gasteiger partial charge in [0.1, 0.15) is 5.75 Å². The van der Waals surface area contributed by atoms with Crippen molar-refractivity contribution in [1.82, 2.24) is 5.32 Å². The number of carbonyl (C=O) groups excluding carboxylic acids is 1. The number of nitrogens with one attached hydrogen (secondary N) is 1. The molecule has 20 heavy (non-hydrogen) atoms. The van der Waals surface area contributed by atoms with E-state index in [0.717, 1.165) is 18.4 Å². The van der Waals surface area contributed by atoms with E-state index >= 15 is 0 Å². The molecular formula is C16H24N2O2. The molecule has 1 atom stereocenters. The molecule has 1 unspecified atom stereocenters. The third kappa shape index (κ3) is 5.34. The normalized spacial score (nSPS) is 12.3. The summed E-state index contributed by atoms with van der Waals surface area (Å²) in [4.78, 5) is 11.6. The van der Waals surface area contributed by atoms with Gasteiger partial charge < -0.3 is 15.8 Å². The fourth-order valence-corrected chi connectivity index (χ4v) is 1.58. The summed E-state index contributed by atoms with van der Waals surface area (Å²) < 4.78 is 5.51. The summed E-state index contributed by atoms with van der Waals surface area (Å²) in [5.74, 6) is 0.595. The zero-order chi connectivity index (χ0) is 15.0. The van der Waals surface area contributed by atoms with Gasteiger partial charge in [-0.25, -0.2) is 0 Å². The van der Waals surface area contributed by atoms with E-state index in [2.05, 4.69) is 5.32 Å². The van der Waals surface area contributed by atoms with Crippen LogP contribution in [0.5, 0.6) is 5.75 Å². The van der Waals surface area contributed by atoms with Crippen LogP contribution in [0.1, 0.15) is 39.2 Å². The van der Waals surface area contributed by atoms with Crippen molar-refractivity contribution in [2.75, 3.05) is 12.3 Å². The van der Waals surface area contributed by atoms with Gasteiger partial charge in [0.2, 0.25) is 5.91 Å². The van der Waals surface area contributed by atoms with E-state index in [1.54, 1.807) is 12.1 Å². The summed E-state index contributed by atoms with van der Waals surface area (Å²) in [6, 6.07) is 5.70. The smallest absolute Gasteiger partial charge is 0.244 e. The lowest BCUT2D eigenvalue weighted by Crippen LogP contribution is -2.30. The highest BCUT2D eigenvalue weighted by atomic mass is 16.5. The second-order valence-electron chi connectivity index (χ2n) is 4.80. The topological polar surface area (TPSA) is 64.3 Å². The highest BCUT2D eigenvalue weighted by Crippen LogP contribution is 2.23. The highest BCUT2D eigenvalue weighted by molar-refractivity contribution is 5.92. The Morgan fingerprint density at radius 1 is 1.45 bits per heavy atom. The van der Waals surface area contributed by atoms with Crippen molar-refractivity contribution in [2.45, 2.75) is 39.7 Å². The first-order chi connectivity index (χ1) is 9.56. The summed E-state index contributed by atoms with van der Waals surface area (Å²) in [6.07, 6.45) is 5.12. The van der Waals surface area contributed by atoms with Crippen LogP contribution in [0.2, 0.25) is 0 Å². The first kappa shape index (κ1) is 16.1. The molecule has 1 amide bonds. The van der Waals surface area contributed by atoms with E-state index < -0.39 is 0 Å². The maximum absolute atomic E-state index is 11.6. The fraction of sp³-hybridized carbons (Fsp3) is 0.438. The van der Waals surface area contributed by atoms with E-state index in [-0.39, 0.29) is 11.9 Å². The molecule has 1 rings (SSSR count). The average Bonchev–Trinajstić information content (AvgIpc) is 2.44. The molecule has 0 saturated carbocycles. The zero-order valence-electron chi connectivity index (χ0n) is 12.5. The minimum Gasteiger partial charge on any atom is -0.491 e. The number of rotatable bonds is 7. The van der Waals surface area contributed by atoms with E-state index in [4.69, 9.17) is 10.5 Å². The Balaban J connectivity index is 2.64. The summed E-state index contributed by atoms with van der Waals surface area (Å²) in [5, 5.41) is 2.87. The molecule has 0 aliphatic heterocycles. The molecule has 1 aromatic carbocycles. The molecule has 3 N–H and O–H groups in total. The first-order valence-electron chi connectivity index (χ1n) is 7.07. The number of carbonyl (C=O) groups is 1. The molecule has 0 heterocycles. The van der Waals surface area contributed by atoms with Gasteiger partial charge in [-0.15, -0.1) is 0 Å². The van der Waals surface area contributed by atoms with Gasteiger partial charge in [0, 0.05) is 12.1 Å². The lowest BCUT2D eigenvalue weighted by molar-refractivity contribution is -0.117. The van der Waals surface area contributed by atoms with Gasteiger partial charge in [-0.3, -0.25) is 4.79 Å². The van der Waals surface area contributed by atoms with Gasteiger partial charge in [0.25, 0.3) is 0 Å². The molecule has 0 aliphatic rings. The Labute approximate surface area is 121 Å². The number of nitrogen functional groups attached to an aromatic ring is 1. The predicted octanol–water partition coefficient (Wildman–Crippen LogP) is 2.99. The molecule has 0 saturated heterocycles. The van der Waals surface area contributed by atoms with Crippen molar-refractivity contribution < 1.29 is 9.53 Å². The highest BCUT2D eigenvalue weighted by Gasteiger charge is 2.02. The third-order valence-electron chi connectivity index (χ3n) is 2.92. The van der Waals surface area contributed by atoms with Crippen LogP contribution in [0.15, 0.2) is 24.3 Å². The summed E-state index contributed by atoms with van der Waals surface area (Å²) in [5.41, 5.74) is 7.38. The first-order valence-corrected chi connectivity index (χ1v) is 7.07. The molecule has 110 valence electrons. The average molecular weight is 276 g/mol. The molecule has 4 heteroatoms. The lowest BCUT2D eigenvalue weighted by atomic mass is 10.1. The van der Waals surface area contributed by atoms with Crippen molar-refractivity contribution in [3.05, 3.63) is 29.8 Å². The molecular weight excluding hydrogens is 252 g/mol. The third-order valence-corrected chi connectivity index (χ3v) is 2.92. The largest absolute Gasteiger partial charge is 0.491 e. The van der Waals surface area contributed by atoms with E-state index in [0.29, 0.717) is 18.0 Å².